The van der Waals surface area contributed by atoms with Gasteiger partial charge in [0.1, 0.15) is 24.7 Å². The summed E-state index contributed by atoms with van der Waals surface area (Å²) in [6, 6.07) is 14.3. The summed E-state index contributed by atoms with van der Waals surface area (Å²) in [7, 11) is 0. The van der Waals surface area contributed by atoms with Crippen LogP contribution in [0, 0.1) is 12.3 Å². The molecule has 4 rings (SSSR count). The Labute approximate surface area is 213 Å². The Kier molecular flexibility index (Phi) is 10.0. The quantitative estimate of drug-likeness (QED) is 0.345. The molecule has 0 bridgehead atoms. The average Bonchev–Trinajstić information content (AvgIpc) is 2.95. The number of terminal acetylenes is 1. The van der Waals surface area contributed by atoms with E-state index in [1.54, 1.807) is 48.5 Å². The molecule has 0 spiro atoms. The van der Waals surface area contributed by atoms with Crippen molar-refractivity contribution in [1.82, 2.24) is 0 Å². The van der Waals surface area contributed by atoms with E-state index in [1.165, 1.54) is 0 Å². The predicted octanol–water partition coefficient (Wildman–Crippen LogP) is 4.40. The Morgan fingerprint density at radius 2 is 1.17 bits per heavy atom. The normalized spacial score (nSPS) is 21.8. The Hall–Kier alpha value is -2.60. The van der Waals surface area contributed by atoms with Gasteiger partial charge in [-0.15, -0.1) is 6.42 Å². The molecule has 0 aliphatic carbocycles. The molecular weight excluding hydrogens is 460 g/mol. The SMILES string of the molecule is C#CC(O)(c1ccc(OCCOC2CCCCO2)cc1)c1ccc(OCCOC2CCCCO2)cc1. The smallest absolute Gasteiger partial charge is 0.176 e. The third kappa shape index (κ3) is 7.45. The first-order chi connectivity index (χ1) is 17.7. The van der Waals surface area contributed by atoms with Gasteiger partial charge in [0.15, 0.2) is 18.2 Å². The van der Waals surface area contributed by atoms with Gasteiger partial charge in [0.25, 0.3) is 0 Å². The minimum absolute atomic E-state index is 0.128. The van der Waals surface area contributed by atoms with E-state index in [0.29, 0.717) is 49.1 Å². The predicted molar refractivity (Wildman–Crippen MR) is 135 cm³/mol. The fraction of sp³-hybridized carbons (Fsp3) is 0.517. The standard InChI is InChI=1S/C29H36O7/c1-2-29(30,23-9-13-25(14-10-23)31-19-21-35-27-7-3-5-17-33-27)24-11-15-26(16-12-24)32-20-22-36-28-8-4-6-18-34-28/h1,9-16,27-28,30H,3-8,17-22H2. The molecule has 2 aromatic carbocycles. The van der Waals surface area contributed by atoms with Crippen LogP contribution in [0.25, 0.3) is 0 Å². The molecule has 0 amide bonds. The summed E-state index contributed by atoms with van der Waals surface area (Å²) in [5.41, 5.74) is -0.405. The van der Waals surface area contributed by atoms with Crippen LogP contribution in [-0.4, -0.2) is 57.3 Å². The van der Waals surface area contributed by atoms with E-state index >= 15 is 0 Å². The molecule has 2 aliphatic rings. The third-order valence-electron chi connectivity index (χ3n) is 6.34. The van der Waals surface area contributed by atoms with Crippen LogP contribution in [0.2, 0.25) is 0 Å². The van der Waals surface area contributed by atoms with E-state index in [9.17, 15) is 5.11 Å². The van der Waals surface area contributed by atoms with Crippen molar-refractivity contribution in [3.05, 3.63) is 59.7 Å². The number of rotatable bonds is 12. The van der Waals surface area contributed by atoms with Crippen molar-refractivity contribution in [1.29, 1.82) is 0 Å². The summed E-state index contributed by atoms with van der Waals surface area (Å²) in [4.78, 5) is 0. The van der Waals surface area contributed by atoms with Gasteiger partial charge in [-0.2, -0.15) is 0 Å². The molecule has 7 nitrogen and oxygen atoms in total. The summed E-state index contributed by atoms with van der Waals surface area (Å²) in [5, 5.41) is 11.3. The molecule has 0 aromatic heterocycles. The van der Waals surface area contributed by atoms with Gasteiger partial charge >= 0.3 is 0 Å². The summed E-state index contributed by atoms with van der Waals surface area (Å²) >= 11 is 0. The maximum Gasteiger partial charge on any atom is 0.176 e. The van der Waals surface area contributed by atoms with E-state index in [-0.39, 0.29) is 12.6 Å². The topological polar surface area (TPSA) is 75.6 Å². The average molecular weight is 497 g/mol. The van der Waals surface area contributed by atoms with E-state index < -0.39 is 5.60 Å². The Morgan fingerprint density at radius 3 is 1.53 bits per heavy atom. The first-order valence-electron chi connectivity index (χ1n) is 12.8. The molecule has 0 saturated carbocycles. The third-order valence-corrected chi connectivity index (χ3v) is 6.34. The van der Waals surface area contributed by atoms with Crippen LogP contribution in [-0.2, 0) is 24.5 Å². The van der Waals surface area contributed by atoms with Crippen LogP contribution in [0.5, 0.6) is 11.5 Å². The van der Waals surface area contributed by atoms with Gasteiger partial charge in [-0.25, -0.2) is 0 Å². The highest BCUT2D eigenvalue weighted by Gasteiger charge is 2.29. The number of ether oxygens (including phenoxy) is 6. The number of aliphatic hydroxyl groups is 1. The zero-order valence-corrected chi connectivity index (χ0v) is 20.7. The van der Waals surface area contributed by atoms with E-state index in [4.69, 9.17) is 34.8 Å². The van der Waals surface area contributed by atoms with Crippen molar-refractivity contribution in [2.75, 3.05) is 39.6 Å². The van der Waals surface area contributed by atoms with Crippen molar-refractivity contribution in [3.63, 3.8) is 0 Å². The molecule has 2 fully saturated rings. The zero-order valence-electron chi connectivity index (χ0n) is 20.7. The van der Waals surface area contributed by atoms with Crippen LogP contribution in [0.1, 0.15) is 49.7 Å². The lowest BCUT2D eigenvalue weighted by Gasteiger charge is -2.24. The fourth-order valence-corrected chi connectivity index (χ4v) is 4.28. The van der Waals surface area contributed by atoms with Crippen molar-refractivity contribution in [2.45, 2.75) is 56.7 Å². The largest absolute Gasteiger partial charge is 0.491 e. The molecule has 2 saturated heterocycles. The highest BCUT2D eigenvalue weighted by atomic mass is 16.7. The second-order valence-electron chi connectivity index (χ2n) is 8.93. The van der Waals surface area contributed by atoms with Crippen LogP contribution in [0.3, 0.4) is 0 Å². The van der Waals surface area contributed by atoms with Gasteiger partial charge in [0, 0.05) is 24.3 Å². The fourth-order valence-electron chi connectivity index (χ4n) is 4.28. The van der Waals surface area contributed by atoms with Crippen LogP contribution >= 0.6 is 0 Å². The molecular formula is C29H36O7. The van der Waals surface area contributed by atoms with E-state index in [0.717, 1.165) is 51.7 Å². The molecule has 2 unspecified atom stereocenters. The molecule has 0 radical (unpaired) electrons. The monoisotopic (exact) mass is 496 g/mol. The van der Waals surface area contributed by atoms with Crippen molar-refractivity contribution >= 4 is 0 Å². The lowest BCUT2D eigenvalue weighted by atomic mass is 9.87. The van der Waals surface area contributed by atoms with Crippen LogP contribution in [0.15, 0.2) is 48.5 Å². The van der Waals surface area contributed by atoms with E-state index in [2.05, 4.69) is 5.92 Å². The maximum absolute atomic E-state index is 11.3. The summed E-state index contributed by atoms with van der Waals surface area (Å²) in [5.74, 6) is 3.89. The number of hydrogen-bond acceptors (Lipinski definition) is 7. The van der Waals surface area contributed by atoms with Crippen LogP contribution in [0.4, 0.5) is 0 Å². The van der Waals surface area contributed by atoms with Crippen molar-refractivity contribution in [2.24, 2.45) is 0 Å². The lowest BCUT2D eigenvalue weighted by molar-refractivity contribution is -0.165. The number of benzene rings is 2. The highest BCUT2D eigenvalue weighted by Crippen LogP contribution is 2.31. The van der Waals surface area contributed by atoms with Crippen molar-refractivity contribution < 1.29 is 33.5 Å². The van der Waals surface area contributed by atoms with Gasteiger partial charge < -0.3 is 33.5 Å². The second-order valence-corrected chi connectivity index (χ2v) is 8.93. The van der Waals surface area contributed by atoms with Gasteiger partial charge in [-0.3, -0.25) is 0 Å². The summed E-state index contributed by atoms with van der Waals surface area (Å²) < 4.78 is 34.0. The Morgan fingerprint density at radius 1 is 0.722 bits per heavy atom. The Bertz CT molecular complexity index is 870. The first kappa shape index (κ1) is 26.5. The number of hydrogen-bond donors (Lipinski definition) is 1. The van der Waals surface area contributed by atoms with E-state index in [1.807, 2.05) is 0 Å². The van der Waals surface area contributed by atoms with Gasteiger partial charge in [-0.1, -0.05) is 30.2 Å². The van der Waals surface area contributed by atoms with Gasteiger partial charge in [0.05, 0.1) is 13.2 Å². The molecule has 194 valence electrons. The molecule has 2 aliphatic heterocycles. The van der Waals surface area contributed by atoms with Gasteiger partial charge in [-0.05, 0) is 62.8 Å². The molecule has 36 heavy (non-hydrogen) atoms. The Balaban J connectivity index is 1.24. The minimum atomic E-state index is -1.57. The van der Waals surface area contributed by atoms with Crippen LogP contribution < -0.4 is 9.47 Å². The summed E-state index contributed by atoms with van der Waals surface area (Å²) in [6.07, 6.45) is 11.8. The minimum Gasteiger partial charge on any atom is -0.491 e. The van der Waals surface area contributed by atoms with Gasteiger partial charge in [0.2, 0.25) is 0 Å². The highest BCUT2D eigenvalue weighted by molar-refractivity contribution is 5.46. The second kappa shape index (κ2) is 13.6. The molecule has 2 heterocycles. The van der Waals surface area contributed by atoms with Crippen molar-refractivity contribution in [3.8, 4) is 23.8 Å². The molecule has 2 aromatic rings. The summed E-state index contributed by atoms with van der Waals surface area (Å²) in [6.45, 7) is 3.25. The zero-order chi connectivity index (χ0) is 25.1. The molecule has 1 N–H and O–H groups in total. The maximum atomic E-state index is 11.3. The lowest BCUT2D eigenvalue weighted by Crippen LogP contribution is -2.25. The first-order valence-corrected chi connectivity index (χ1v) is 12.8. The molecule has 7 heteroatoms. The molecule has 2 atom stereocenters.